The number of ether oxygens (including phenoxy) is 1. The molecule has 0 aliphatic heterocycles. The molecule has 98 valence electrons. The van der Waals surface area contributed by atoms with Gasteiger partial charge in [0.25, 0.3) is 0 Å². The van der Waals surface area contributed by atoms with Gasteiger partial charge in [-0.15, -0.1) is 0 Å². The summed E-state index contributed by atoms with van der Waals surface area (Å²) in [7, 11) is 3.51. The van der Waals surface area contributed by atoms with Crippen molar-refractivity contribution >= 4 is 21.9 Å². The predicted octanol–water partition coefficient (Wildman–Crippen LogP) is 2.52. The molecule has 0 spiro atoms. The van der Waals surface area contributed by atoms with E-state index >= 15 is 0 Å². The van der Waals surface area contributed by atoms with E-state index in [2.05, 4.69) is 0 Å². The molecule has 0 aliphatic rings. The molecule has 4 heteroatoms. The van der Waals surface area contributed by atoms with Crippen LogP contribution in [0.2, 0.25) is 0 Å². The van der Waals surface area contributed by atoms with E-state index in [0.717, 1.165) is 17.0 Å². The minimum atomic E-state index is 0.491. The second kappa shape index (κ2) is 6.20. The van der Waals surface area contributed by atoms with Gasteiger partial charge in [-0.05, 0) is 36.4 Å². The second-order valence-electron chi connectivity index (χ2n) is 4.01. The van der Waals surface area contributed by atoms with Crippen LogP contribution >= 0.6 is 0 Å². The van der Waals surface area contributed by atoms with Crippen LogP contribution in [0, 0.1) is 0 Å². The lowest BCUT2D eigenvalue weighted by Gasteiger charge is -2.19. The average molecular weight is 273 g/mol. The van der Waals surface area contributed by atoms with Gasteiger partial charge >= 0.3 is 0 Å². The first kappa shape index (κ1) is 13.4. The topological polar surface area (TPSA) is 29.5 Å². The molecule has 0 N–H and O–H groups in total. The van der Waals surface area contributed by atoms with Crippen LogP contribution in [0.4, 0.5) is 5.69 Å². The zero-order valence-electron chi connectivity index (χ0n) is 10.9. The molecule has 0 aliphatic carbocycles. The number of hydrogen-bond acceptors (Lipinski definition) is 2. The molecule has 0 saturated carbocycles. The van der Waals surface area contributed by atoms with Crippen LogP contribution in [0.1, 0.15) is 5.56 Å². The van der Waals surface area contributed by atoms with E-state index in [1.165, 1.54) is 0 Å². The van der Waals surface area contributed by atoms with Gasteiger partial charge in [-0.2, -0.15) is 0 Å². The molecule has 0 fully saturated rings. The first-order valence-electron chi connectivity index (χ1n) is 5.86. The number of rotatable bonds is 3. The first-order valence-corrected chi connectivity index (χ1v) is 6.60. The highest BCUT2D eigenvalue weighted by atomic mass is 32.1. The van der Waals surface area contributed by atoms with Crippen molar-refractivity contribution in [2.75, 3.05) is 19.1 Å². The molecule has 0 radical (unpaired) electrons. The first-order chi connectivity index (χ1) is 9.26. The van der Waals surface area contributed by atoms with Crippen molar-refractivity contribution < 1.29 is 8.95 Å². The minimum Gasteiger partial charge on any atom is -0.497 e. The highest BCUT2D eigenvalue weighted by Gasteiger charge is 2.10. The van der Waals surface area contributed by atoms with Crippen LogP contribution in [0.5, 0.6) is 5.75 Å². The van der Waals surface area contributed by atoms with Gasteiger partial charge in [-0.25, -0.2) is 4.21 Å². The molecule has 19 heavy (non-hydrogen) atoms. The maximum absolute atomic E-state index is 11.4. The Bertz CT molecular complexity index is 589. The maximum Gasteiger partial charge on any atom is 0.143 e. The molecule has 0 aromatic heterocycles. The zero-order chi connectivity index (χ0) is 13.7. The van der Waals surface area contributed by atoms with Gasteiger partial charge in [0.05, 0.1) is 7.11 Å². The van der Waals surface area contributed by atoms with E-state index in [0.29, 0.717) is 16.2 Å². The van der Waals surface area contributed by atoms with Crippen molar-refractivity contribution in [3.8, 4) is 5.75 Å². The van der Waals surface area contributed by atoms with Crippen molar-refractivity contribution in [2.45, 2.75) is 0 Å². The number of para-hydroxylation sites is 1. The molecule has 0 heterocycles. The van der Waals surface area contributed by atoms with Crippen molar-refractivity contribution in [3.05, 3.63) is 60.2 Å². The minimum absolute atomic E-state index is 0.491. The Balaban J connectivity index is 2.32. The SMILES string of the molecule is COc1ccc(C(=S=O)N(C)c2ccccc2)cc1. The summed E-state index contributed by atoms with van der Waals surface area (Å²) in [5.74, 6) is 0.779. The molecule has 2 aromatic rings. The van der Waals surface area contributed by atoms with Gasteiger partial charge in [0, 0.05) is 18.3 Å². The fourth-order valence-electron chi connectivity index (χ4n) is 1.80. The van der Waals surface area contributed by atoms with Gasteiger partial charge in [0.2, 0.25) is 0 Å². The van der Waals surface area contributed by atoms with Crippen LogP contribution in [-0.4, -0.2) is 23.4 Å². The van der Waals surface area contributed by atoms with Crippen LogP contribution in [0.25, 0.3) is 0 Å². The fraction of sp³-hybridized carbons (Fsp3) is 0.133. The average Bonchev–Trinajstić information content (AvgIpc) is 2.49. The molecule has 0 atom stereocenters. The molecule has 0 unspecified atom stereocenters. The largest absolute Gasteiger partial charge is 0.497 e. The third-order valence-corrected chi connectivity index (χ3v) is 3.53. The van der Waals surface area contributed by atoms with Gasteiger partial charge in [-0.1, -0.05) is 18.2 Å². The maximum atomic E-state index is 11.4. The van der Waals surface area contributed by atoms with E-state index in [1.54, 1.807) is 7.11 Å². The Morgan fingerprint density at radius 2 is 1.68 bits per heavy atom. The lowest BCUT2D eigenvalue weighted by atomic mass is 10.2. The van der Waals surface area contributed by atoms with Crippen molar-refractivity contribution in [1.82, 2.24) is 0 Å². The van der Waals surface area contributed by atoms with Gasteiger partial charge in [0.1, 0.15) is 22.0 Å². The number of benzene rings is 2. The van der Waals surface area contributed by atoms with Crippen LogP contribution in [0.15, 0.2) is 54.6 Å². The third-order valence-electron chi connectivity index (χ3n) is 2.86. The molecular weight excluding hydrogens is 258 g/mol. The van der Waals surface area contributed by atoms with E-state index in [9.17, 15) is 4.21 Å². The lowest BCUT2D eigenvalue weighted by molar-refractivity contribution is 0.415. The van der Waals surface area contributed by atoms with E-state index in [4.69, 9.17) is 4.74 Å². The van der Waals surface area contributed by atoms with Crippen molar-refractivity contribution in [2.24, 2.45) is 0 Å². The normalized spacial score (nSPS) is 9.79. The van der Waals surface area contributed by atoms with E-state index < -0.39 is 0 Å². The van der Waals surface area contributed by atoms with E-state index in [-0.39, 0.29) is 0 Å². The summed E-state index contributed by atoms with van der Waals surface area (Å²) in [6.45, 7) is 0. The summed E-state index contributed by atoms with van der Waals surface area (Å²) < 4.78 is 16.5. The summed E-state index contributed by atoms with van der Waals surface area (Å²) >= 11 is 0.491. The lowest BCUT2D eigenvalue weighted by Crippen LogP contribution is -2.27. The molecule has 0 saturated heterocycles. The molecule has 3 nitrogen and oxygen atoms in total. The zero-order valence-corrected chi connectivity index (χ0v) is 11.7. The van der Waals surface area contributed by atoms with Crippen LogP contribution < -0.4 is 9.64 Å². The molecule has 0 amide bonds. The summed E-state index contributed by atoms with van der Waals surface area (Å²) in [5.41, 5.74) is 1.86. The molecule has 2 rings (SSSR count). The number of hydrogen-bond donors (Lipinski definition) is 0. The summed E-state index contributed by atoms with van der Waals surface area (Å²) in [6.07, 6.45) is 0. The smallest absolute Gasteiger partial charge is 0.143 e. The quantitative estimate of drug-likeness (QED) is 0.805. The highest BCUT2D eigenvalue weighted by Crippen LogP contribution is 2.17. The number of anilines is 1. The van der Waals surface area contributed by atoms with E-state index in [1.807, 2.05) is 66.5 Å². The van der Waals surface area contributed by atoms with Crippen LogP contribution in [0.3, 0.4) is 0 Å². The predicted molar refractivity (Wildman–Crippen MR) is 80.1 cm³/mol. The van der Waals surface area contributed by atoms with Gasteiger partial charge in [0.15, 0.2) is 0 Å². The second-order valence-corrected chi connectivity index (χ2v) is 4.56. The summed E-state index contributed by atoms with van der Waals surface area (Å²) in [6, 6.07) is 17.3. The van der Waals surface area contributed by atoms with Crippen LogP contribution in [-0.2, 0) is 11.3 Å². The van der Waals surface area contributed by atoms with Crippen molar-refractivity contribution in [3.63, 3.8) is 0 Å². The van der Waals surface area contributed by atoms with Gasteiger partial charge < -0.3 is 9.64 Å². The summed E-state index contributed by atoms with van der Waals surface area (Å²) in [4.78, 5) is 2.55. The molecule has 0 bridgehead atoms. The third kappa shape index (κ3) is 3.03. The summed E-state index contributed by atoms with van der Waals surface area (Å²) in [5, 5.41) is 0. The Morgan fingerprint density at radius 3 is 2.21 bits per heavy atom. The fourth-order valence-corrected chi connectivity index (χ4v) is 2.25. The highest BCUT2D eigenvalue weighted by molar-refractivity contribution is 7.67. The molecular formula is C15H15NO2S. The Labute approximate surface area is 116 Å². The standard InChI is InChI=1S/C15H15NO2S/c1-16(13-6-4-3-5-7-13)15(19-17)12-8-10-14(18-2)11-9-12/h3-11H,1-2H3. The Hall–Kier alpha value is -2.07. The van der Waals surface area contributed by atoms with Crippen molar-refractivity contribution in [1.29, 1.82) is 0 Å². The Morgan fingerprint density at radius 1 is 1.05 bits per heavy atom. The van der Waals surface area contributed by atoms with Gasteiger partial charge in [-0.3, -0.25) is 0 Å². The molecule has 2 aromatic carbocycles. The monoisotopic (exact) mass is 273 g/mol. The number of nitrogens with zero attached hydrogens (tertiary/aromatic N) is 1. The Kier molecular flexibility index (Phi) is 4.36. The number of methoxy groups -OCH3 is 1.